The molecule has 1 atom stereocenters. The summed E-state index contributed by atoms with van der Waals surface area (Å²) in [6.45, 7) is 4.27. The van der Waals surface area contributed by atoms with Crippen LogP contribution in [0.3, 0.4) is 0 Å². The van der Waals surface area contributed by atoms with Crippen LogP contribution >= 0.6 is 23.1 Å². The Balaban J connectivity index is 1.75. The highest BCUT2D eigenvalue weighted by atomic mass is 32.2. The summed E-state index contributed by atoms with van der Waals surface area (Å²) in [5.74, 6) is 0.370. The third-order valence-corrected chi connectivity index (χ3v) is 6.51. The first-order valence-electron chi connectivity index (χ1n) is 8.93. The topological polar surface area (TPSA) is 123 Å². The molecule has 27 heavy (non-hydrogen) atoms. The van der Waals surface area contributed by atoms with Crippen LogP contribution in [0, 0.1) is 5.92 Å². The number of thioether (sulfide) groups is 1. The van der Waals surface area contributed by atoms with E-state index in [-0.39, 0.29) is 23.6 Å². The zero-order valence-corrected chi connectivity index (χ0v) is 17.0. The molecule has 2 heterocycles. The van der Waals surface area contributed by atoms with E-state index in [0.717, 1.165) is 31.2 Å². The van der Waals surface area contributed by atoms with Gasteiger partial charge in [-0.1, -0.05) is 25.1 Å². The van der Waals surface area contributed by atoms with Gasteiger partial charge < -0.3 is 15.8 Å². The fourth-order valence-corrected chi connectivity index (χ4v) is 5.10. The summed E-state index contributed by atoms with van der Waals surface area (Å²) in [6, 6.07) is 0. The molecule has 3 rings (SSSR count). The number of nitrogen functional groups attached to an aromatic ring is 1. The molecule has 10 heteroatoms. The van der Waals surface area contributed by atoms with Crippen molar-refractivity contribution >= 4 is 45.9 Å². The molecule has 146 valence electrons. The Bertz CT molecular complexity index is 833. The van der Waals surface area contributed by atoms with E-state index in [0.29, 0.717) is 28.2 Å². The lowest BCUT2D eigenvalue weighted by Gasteiger charge is -2.20. The second kappa shape index (κ2) is 8.75. The van der Waals surface area contributed by atoms with Gasteiger partial charge in [0.05, 0.1) is 17.9 Å². The smallest absolute Gasteiger partial charge is 0.341 e. The van der Waals surface area contributed by atoms with Crippen LogP contribution in [-0.2, 0) is 22.4 Å². The van der Waals surface area contributed by atoms with Crippen LogP contribution in [0.2, 0.25) is 0 Å². The van der Waals surface area contributed by atoms with E-state index in [1.165, 1.54) is 28.0 Å². The number of ether oxygens (including phenoxy) is 1. The Hall–Kier alpha value is -2.07. The number of carbonyl (C=O) groups is 2. The zero-order valence-electron chi connectivity index (χ0n) is 15.3. The number of aromatic amines is 1. The second-order valence-corrected chi connectivity index (χ2v) is 8.33. The van der Waals surface area contributed by atoms with Gasteiger partial charge in [-0.3, -0.25) is 4.79 Å². The predicted molar refractivity (Wildman–Crippen MR) is 106 cm³/mol. The maximum Gasteiger partial charge on any atom is 0.341 e. The Kier molecular flexibility index (Phi) is 6.38. The van der Waals surface area contributed by atoms with Crippen molar-refractivity contribution in [3.05, 3.63) is 16.0 Å². The number of aromatic nitrogens is 3. The van der Waals surface area contributed by atoms with Crippen molar-refractivity contribution in [2.24, 2.45) is 5.92 Å². The molecule has 0 fully saturated rings. The van der Waals surface area contributed by atoms with Gasteiger partial charge in [0, 0.05) is 4.88 Å². The minimum atomic E-state index is -0.366. The normalized spacial score (nSPS) is 16.0. The summed E-state index contributed by atoms with van der Waals surface area (Å²) in [5, 5.41) is 10.3. The van der Waals surface area contributed by atoms with Crippen molar-refractivity contribution in [1.82, 2.24) is 15.2 Å². The van der Waals surface area contributed by atoms with Crippen molar-refractivity contribution < 1.29 is 14.3 Å². The second-order valence-electron chi connectivity index (χ2n) is 6.29. The molecule has 0 radical (unpaired) electrons. The maximum absolute atomic E-state index is 12.5. The first-order chi connectivity index (χ1) is 13.0. The highest BCUT2D eigenvalue weighted by molar-refractivity contribution is 7.99. The number of carbonyl (C=O) groups excluding carboxylic acids is 2. The lowest BCUT2D eigenvalue weighted by atomic mass is 9.85. The van der Waals surface area contributed by atoms with Crippen LogP contribution in [0.15, 0.2) is 5.16 Å². The number of hydrogen-bond donors (Lipinski definition) is 3. The summed E-state index contributed by atoms with van der Waals surface area (Å²) >= 11 is 2.66. The quantitative estimate of drug-likeness (QED) is 0.474. The molecule has 0 unspecified atom stereocenters. The van der Waals surface area contributed by atoms with E-state index in [2.05, 4.69) is 27.4 Å². The van der Waals surface area contributed by atoms with Crippen molar-refractivity contribution in [2.45, 2.75) is 44.7 Å². The molecule has 8 nitrogen and oxygen atoms in total. The van der Waals surface area contributed by atoms with Crippen molar-refractivity contribution in [2.75, 3.05) is 23.4 Å². The van der Waals surface area contributed by atoms with Gasteiger partial charge in [-0.2, -0.15) is 4.98 Å². The summed E-state index contributed by atoms with van der Waals surface area (Å²) in [6.07, 6.45) is 3.97. The van der Waals surface area contributed by atoms with Crippen LogP contribution in [0.1, 0.15) is 47.5 Å². The van der Waals surface area contributed by atoms with Crippen LogP contribution in [-0.4, -0.2) is 39.4 Å². The van der Waals surface area contributed by atoms with Gasteiger partial charge >= 0.3 is 5.97 Å². The molecule has 1 aliphatic carbocycles. The molecule has 0 saturated heterocycles. The fourth-order valence-electron chi connectivity index (χ4n) is 3.13. The highest BCUT2D eigenvalue weighted by Gasteiger charge is 2.29. The lowest BCUT2D eigenvalue weighted by molar-refractivity contribution is -0.113. The number of nitrogens with two attached hydrogens (primary N) is 1. The molecular weight excluding hydrogens is 386 g/mol. The largest absolute Gasteiger partial charge is 0.462 e. The van der Waals surface area contributed by atoms with E-state index in [4.69, 9.17) is 10.5 Å². The Labute approximate surface area is 165 Å². The lowest BCUT2D eigenvalue weighted by Crippen LogP contribution is -2.18. The predicted octanol–water partition coefficient (Wildman–Crippen LogP) is 2.87. The van der Waals surface area contributed by atoms with Crippen LogP contribution in [0.4, 0.5) is 10.9 Å². The number of thiophene rings is 1. The van der Waals surface area contributed by atoms with Crippen LogP contribution < -0.4 is 11.1 Å². The average Bonchev–Trinajstić information content (AvgIpc) is 3.22. The molecular formula is C17H23N5O3S2. The van der Waals surface area contributed by atoms with Gasteiger partial charge in [0.2, 0.25) is 17.0 Å². The van der Waals surface area contributed by atoms with E-state index in [9.17, 15) is 9.59 Å². The molecule has 1 aliphatic rings. The number of rotatable bonds is 7. The molecule has 2 aromatic rings. The fraction of sp³-hybridized carbons (Fsp3) is 0.529. The third-order valence-electron chi connectivity index (χ3n) is 4.49. The number of fused-ring (bicyclic) bond motifs is 1. The molecule has 0 aliphatic heterocycles. The molecule has 0 spiro atoms. The number of hydrogen-bond acceptors (Lipinski definition) is 8. The summed E-state index contributed by atoms with van der Waals surface area (Å²) in [7, 11) is 0. The number of H-pyrrole nitrogens is 1. The molecule has 0 saturated carbocycles. The van der Waals surface area contributed by atoms with Crippen molar-refractivity contribution in [3.63, 3.8) is 0 Å². The van der Waals surface area contributed by atoms with E-state index in [1.54, 1.807) is 6.92 Å². The summed E-state index contributed by atoms with van der Waals surface area (Å²) < 4.78 is 5.23. The van der Waals surface area contributed by atoms with E-state index in [1.807, 2.05) is 0 Å². The first-order valence-corrected chi connectivity index (χ1v) is 10.7. The first kappa shape index (κ1) is 19.7. The van der Waals surface area contributed by atoms with Crippen molar-refractivity contribution in [3.8, 4) is 0 Å². The summed E-state index contributed by atoms with van der Waals surface area (Å²) in [5.41, 5.74) is 7.03. The Morgan fingerprint density at radius 1 is 1.44 bits per heavy atom. The van der Waals surface area contributed by atoms with Gasteiger partial charge in [-0.25, -0.2) is 9.89 Å². The Morgan fingerprint density at radius 3 is 2.93 bits per heavy atom. The molecule has 2 aromatic heterocycles. The molecule has 0 bridgehead atoms. The van der Waals surface area contributed by atoms with Gasteiger partial charge in [-0.05, 0) is 37.7 Å². The number of nitrogens with zero attached hydrogens (tertiary/aromatic N) is 2. The summed E-state index contributed by atoms with van der Waals surface area (Å²) in [4.78, 5) is 30.0. The van der Waals surface area contributed by atoms with Gasteiger partial charge in [0.25, 0.3) is 0 Å². The number of amides is 1. The standard InChI is InChI=1S/C17H23N5O3S2/c1-3-9-5-6-10-11(7-9)27-14(13(10)15(24)25-4-2)19-12(23)8-26-17-20-16(18)21-22-17/h9H,3-8H2,1-2H3,(H,19,23)(H3,18,20,21,22)/t9-/m1/s1. The molecule has 4 N–H and O–H groups in total. The van der Waals surface area contributed by atoms with E-state index < -0.39 is 0 Å². The van der Waals surface area contributed by atoms with Gasteiger partial charge in [-0.15, -0.1) is 16.4 Å². The number of anilines is 2. The number of esters is 1. The molecule has 0 aromatic carbocycles. The zero-order chi connectivity index (χ0) is 19.4. The minimum Gasteiger partial charge on any atom is -0.462 e. The van der Waals surface area contributed by atoms with Gasteiger partial charge in [0.1, 0.15) is 5.00 Å². The SMILES string of the molecule is CCOC(=O)c1c(NC(=O)CSc2n[nH]c(N)n2)sc2c1CC[C@@H](CC)C2. The monoisotopic (exact) mass is 409 g/mol. The Morgan fingerprint density at radius 2 is 2.26 bits per heavy atom. The molecule has 1 amide bonds. The average molecular weight is 410 g/mol. The van der Waals surface area contributed by atoms with Crippen molar-refractivity contribution in [1.29, 1.82) is 0 Å². The van der Waals surface area contributed by atoms with Crippen LogP contribution in [0.25, 0.3) is 0 Å². The third kappa shape index (κ3) is 4.62. The highest BCUT2D eigenvalue weighted by Crippen LogP contribution is 2.40. The minimum absolute atomic E-state index is 0.125. The van der Waals surface area contributed by atoms with Crippen LogP contribution in [0.5, 0.6) is 0 Å². The number of nitrogens with one attached hydrogen (secondary N) is 2. The van der Waals surface area contributed by atoms with Gasteiger partial charge in [0.15, 0.2) is 0 Å². The van der Waals surface area contributed by atoms with E-state index >= 15 is 0 Å². The maximum atomic E-state index is 12.5.